The number of hydrogen-bond donors (Lipinski definition) is 0. The van der Waals surface area contributed by atoms with Crippen LogP contribution in [0.25, 0.3) is 11.0 Å². The molecule has 0 unspecified atom stereocenters. The van der Waals surface area contributed by atoms with E-state index in [0.717, 1.165) is 23.1 Å². The Balaban J connectivity index is 2.46. The Bertz CT molecular complexity index is 459. The lowest BCUT2D eigenvalue weighted by Crippen LogP contribution is -1.97. The molecule has 1 aromatic carbocycles. The SMILES string of the molecule is Cn1c(CCC=O)nc2ccccc21. The minimum atomic E-state index is 0.539. The van der Waals surface area contributed by atoms with Crippen LogP contribution in [0.2, 0.25) is 0 Å². The minimum Gasteiger partial charge on any atom is -0.331 e. The standard InChI is InChI=1S/C11H12N2O/c1-13-10-6-3-2-5-9(10)12-11(13)7-4-8-14/h2-3,5-6,8H,4,7H2,1H3. The third kappa shape index (κ3) is 1.41. The third-order valence-electron chi connectivity index (χ3n) is 2.37. The Morgan fingerprint density at radius 2 is 2.21 bits per heavy atom. The molecule has 2 aromatic rings. The first-order valence-corrected chi connectivity index (χ1v) is 4.67. The van der Waals surface area contributed by atoms with Gasteiger partial charge in [0.25, 0.3) is 0 Å². The Kier molecular flexibility index (Phi) is 2.31. The van der Waals surface area contributed by atoms with Gasteiger partial charge in [0.2, 0.25) is 0 Å². The highest BCUT2D eigenvalue weighted by molar-refractivity contribution is 5.75. The van der Waals surface area contributed by atoms with Gasteiger partial charge in [-0.15, -0.1) is 0 Å². The molecule has 0 fully saturated rings. The molecule has 0 N–H and O–H groups in total. The van der Waals surface area contributed by atoms with E-state index in [1.54, 1.807) is 0 Å². The van der Waals surface area contributed by atoms with Crippen LogP contribution in [-0.4, -0.2) is 15.8 Å². The number of rotatable bonds is 3. The number of aldehydes is 1. The maximum Gasteiger partial charge on any atom is 0.120 e. The van der Waals surface area contributed by atoms with Gasteiger partial charge in [-0.3, -0.25) is 0 Å². The zero-order valence-electron chi connectivity index (χ0n) is 8.10. The van der Waals surface area contributed by atoms with Gasteiger partial charge >= 0.3 is 0 Å². The highest BCUT2D eigenvalue weighted by Gasteiger charge is 2.05. The summed E-state index contributed by atoms with van der Waals surface area (Å²) in [5.41, 5.74) is 2.12. The minimum absolute atomic E-state index is 0.539. The van der Waals surface area contributed by atoms with Crippen molar-refractivity contribution in [1.82, 2.24) is 9.55 Å². The number of aryl methyl sites for hydroxylation is 2. The van der Waals surface area contributed by atoms with Crippen LogP contribution in [-0.2, 0) is 18.3 Å². The molecule has 0 aliphatic rings. The molecule has 1 heterocycles. The van der Waals surface area contributed by atoms with Gasteiger partial charge in [-0.25, -0.2) is 4.98 Å². The van der Waals surface area contributed by atoms with Crippen molar-refractivity contribution in [3.05, 3.63) is 30.1 Å². The zero-order chi connectivity index (χ0) is 9.97. The molecular formula is C11H12N2O. The van der Waals surface area contributed by atoms with E-state index in [9.17, 15) is 4.79 Å². The Hall–Kier alpha value is -1.64. The van der Waals surface area contributed by atoms with Crippen molar-refractivity contribution in [3.8, 4) is 0 Å². The fourth-order valence-electron chi connectivity index (χ4n) is 1.61. The van der Waals surface area contributed by atoms with Crippen LogP contribution in [0, 0.1) is 0 Å². The number of aromatic nitrogens is 2. The van der Waals surface area contributed by atoms with Crippen molar-refractivity contribution in [2.45, 2.75) is 12.8 Å². The second kappa shape index (κ2) is 3.62. The van der Waals surface area contributed by atoms with Crippen LogP contribution in [0.15, 0.2) is 24.3 Å². The first-order valence-electron chi connectivity index (χ1n) is 4.67. The first-order chi connectivity index (χ1) is 6.83. The van der Waals surface area contributed by atoms with Gasteiger partial charge < -0.3 is 9.36 Å². The second-order valence-electron chi connectivity index (χ2n) is 3.28. The lowest BCUT2D eigenvalue weighted by Gasteiger charge is -1.98. The normalized spacial score (nSPS) is 10.6. The highest BCUT2D eigenvalue weighted by atomic mass is 16.1. The van der Waals surface area contributed by atoms with Gasteiger partial charge in [0.15, 0.2) is 0 Å². The molecule has 0 saturated heterocycles. The summed E-state index contributed by atoms with van der Waals surface area (Å²) in [5, 5.41) is 0. The van der Waals surface area contributed by atoms with Gasteiger partial charge in [0.1, 0.15) is 12.1 Å². The average molecular weight is 188 g/mol. The van der Waals surface area contributed by atoms with Crippen LogP contribution in [0.1, 0.15) is 12.2 Å². The van der Waals surface area contributed by atoms with Crippen LogP contribution in [0.5, 0.6) is 0 Å². The largest absolute Gasteiger partial charge is 0.331 e. The van der Waals surface area contributed by atoms with Crippen LogP contribution in [0.4, 0.5) is 0 Å². The molecule has 14 heavy (non-hydrogen) atoms. The monoisotopic (exact) mass is 188 g/mol. The summed E-state index contributed by atoms with van der Waals surface area (Å²) < 4.78 is 2.04. The number of imidazole rings is 1. The Morgan fingerprint density at radius 1 is 1.43 bits per heavy atom. The maximum absolute atomic E-state index is 10.3. The maximum atomic E-state index is 10.3. The summed E-state index contributed by atoms with van der Waals surface area (Å²) in [4.78, 5) is 14.7. The number of para-hydroxylation sites is 2. The van der Waals surface area contributed by atoms with Gasteiger partial charge in [-0.05, 0) is 12.1 Å². The van der Waals surface area contributed by atoms with Crippen molar-refractivity contribution < 1.29 is 4.79 Å². The molecule has 0 spiro atoms. The van der Waals surface area contributed by atoms with Crippen molar-refractivity contribution in [3.63, 3.8) is 0 Å². The second-order valence-corrected chi connectivity index (χ2v) is 3.28. The van der Waals surface area contributed by atoms with Crippen molar-refractivity contribution in [2.75, 3.05) is 0 Å². The van der Waals surface area contributed by atoms with Gasteiger partial charge in [-0.2, -0.15) is 0 Å². The average Bonchev–Trinajstić information content (AvgIpc) is 2.54. The molecule has 2 rings (SSSR count). The topological polar surface area (TPSA) is 34.9 Å². The number of carbonyl (C=O) groups is 1. The van der Waals surface area contributed by atoms with Gasteiger partial charge in [-0.1, -0.05) is 12.1 Å². The summed E-state index contributed by atoms with van der Waals surface area (Å²) in [6.07, 6.45) is 2.19. The van der Waals surface area contributed by atoms with E-state index >= 15 is 0 Å². The molecule has 1 aromatic heterocycles. The summed E-state index contributed by atoms with van der Waals surface area (Å²) in [6, 6.07) is 7.98. The van der Waals surface area contributed by atoms with E-state index in [-0.39, 0.29) is 0 Å². The predicted octanol–water partition coefficient (Wildman–Crippen LogP) is 1.70. The lowest BCUT2D eigenvalue weighted by atomic mass is 10.3. The fourth-order valence-corrected chi connectivity index (χ4v) is 1.61. The van der Waals surface area contributed by atoms with Crippen LogP contribution >= 0.6 is 0 Å². The summed E-state index contributed by atoms with van der Waals surface area (Å²) >= 11 is 0. The van der Waals surface area contributed by atoms with Crippen molar-refractivity contribution in [2.24, 2.45) is 7.05 Å². The predicted molar refractivity (Wildman–Crippen MR) is 55.1 cm³/mol. The number of nitrogens with zero attached hydrogens (tertiary/aromatic N) is 2. The third-order valence-corrected chi connectivity index (χ3v) is 2.37. The number of carbonyl (C=O) groups excluding carboxylic acids is 1. The summed E-state index contributed by atoms with van der Waals surface area (Å²) in [7, 11) is 1.98. The van der Waals surface area contributed by atoms with Crippen LogP contribution < -0.4 is 0 Å². The van der Waals surface area contributed by atoms with E-state index in [2.05, 4.69) is 4.98 Å². The molecule has 0 saturated carbocycles. The van der Waals surface area contributed by atoms with E-state index in [4.69, 9.17) is 0 Å². The highest BCUT2D eigenvalue weighted by Crippen LogP contribution is 2.14. The van der Waals surface area contributed by atoms with Crippen molar-refractivity contribution >= 4 is 17.3 Å². The lowest BCUT2D eigenvalue weighted by molar-refractivity contribution is -0.107. The summed E-state index contributed by atoms with van der Waals surface area (Å²) in [5.74, 6) is 0.971. The smallest absolute Gasteiger partial charge is 0.120 e. The van der Waals surface area contributed by atoms with E-state index < -0.39 is 0 Å². The number of benzene rings is 1. The molecule has 0 radical (unpaired) electrons. The quantitative estimate of drug-likeness (QED) is 0.687. The first kappa shape index (κ1) is 8.94. The molecular weight excluding hydrogens is 176 g/mol. The van der Waals surface area contributed by atoms with Gasteiger partial charge in [0, 0.05) is 19.9 Å². The number of fused-ring (bicyclic) bond motifs is 1. The van der Waals surface area contributed by atoms with E-state index in [0.29, 0.717) is 12.8 Å². The molecule has 0 amide bonds. The Morgan fingerprint density at radius 3 is 2.93 bits per heavy atom. The fraction of sp³-hybridized carbons (Fsp3) is 0.273. The molecule has 72 valence electrons. The van der Waals surface area contributed by atoms with Crippen molar-refractivity contribution in [1.29, 1.82) is 0 Å². The van der Waals surface area contributed by atoms with Crippen LogP contribution in [0.3, 0.4) is 0 Å². The van der Waals surface area contributed by atoms with Gasteiger partial charge in [0.05, 0.1) is 11.0 Å². The zero-order valence-corrected chi connectivity index (χ0v) is 8.10. The Labute approximate surface area is 82.4 Å². The number of hydrogen-bond acceptors (Lipinski definition) is 2. The molecule has 0 aliphatic heterocycles. The molecule has 3 heteroatoms. The van der Waals surface area contributed by atoms with E-state index in [1.165, 1.54) is 0 Å². The summed E-state index contributed by atoms with van der Waals surface area (Å²) in [6.45, 7) is 0. The molecule has 0 bridgehead atoms. The van der Waals surface area contributed by atoms with E-state index in [1.807, 2.05) is 35.9 Å². The molecule has 3 nitrogen and oxygen atoms in total. The molecule has 0 aliphatic carbocycles. The molecule has 0 atom stereocenters.